The van der Waals surface area contributed by atoms with Gasteiger partial charge in [-0.25, -0.2) is 9.78 Å². The van der Waals surface area contributed by atoms with E-state index in [1.165, 1.54) is 0 Å². The van der Waals surface area contributed by atoms with Gasteiger partial charge in [-0.3, -0.25) is 0 Å². The molecule has 2 nitrogen and oxygen atoms in total. The molecule has 2 heteroatoms. The molecule has 0 aliphatic rings. The molecule has 0 saturated heterocycles. The van der Waals surface area contributed by atoms with E-state index >= 15 is 0 Å². The van der Waals surface area contributed by atoms with Gasteiger partial charge in [0, 0.05) is 6.42 Å². The monoisotopic (exact) mass is 248 g/mol. The van der Waals surface area contributed by atoms with Crippen molar-refractivity contribution < 1.29 is 9.78 Å². The fourth-order valence-corrected chi connectivity index (χ4v) is 1.76. The summed E-state index contributed by atoms with van der Waals surface area (Å²) in [6.07, 6.45) is 0.729. The van der Waals surface area contributed by atoms with Crippen LogP contribution in [0.1, 0.15) is 46.6 Å². The van der Waals surface area contributed by atoms with Gasteiger partial charge in [-0.2, -0.15) is 0 Å². The maximum absolute atomic E-state index is 5.73. The zero-order valence-electron chi connectivity index (χ0n) is 12.1. The highest BCUT2D eigenvalue weighted by Crippen LogP contribution is 2.33. The Balaban J connectivity index is 2.92. The third-order valence-corrected chi connectivity index (χ3v) is 2.50. The van der Waals surface area contributed by atoms with Crippen molar-refractivity contribution in [1.29, 1.82) is 0 Å². The second-order valence-electron chi connectivity index (χ2n) is 6.01. The van der Waals surface area contributed by atoms with Crippen LogP contribution in [0.15, 0.2) is 42.5 Å². The summed E-state index contributed by atoms with van der Waals surface area (Å²) in [4.78, 5) is 11.2. The minimum absolute atomic E-state index is 0.328. The van der Waals surface area contributed by atoms with Crippen molar-refractivity contribution in [2.75, 3.05) is 0 Å². The molecule has 18 heavy (non-hydrogen) atoms. The molecule has 0 amide bonds. The number of rotatable bonds is 5. The molecule has 1 aromatic rings. The van der Waals surface area contributed by atoms with Gasteiger partial charge < -0.3 is 0 Å². The summed E-state index contributed by atoms with van der Waals surface area (Å²) in [5, 5.41) is 0. The molecule has 1 rings (SSSR count). The van der Waals surface area contributed by atoms with Crippen LogP contribution in [0.4, 0.5) is 0 Å². The van der Waals surface area contributed by atoms with E-state index in [4.69, 9.17) is 9.78 Å². The average Bonchev–Trinajstić information content (AvgIpc) is 2.26. The first-order valence-electron chi connectivity index (χ1n) is 6.30. The summed E-state index contributed by atoms with van der Waals surface area (Å²) in [6.45, 7) is 13.9. The predicted octanol–water partition coefficient (Wildman–Crippen LogP) is 4.61. The average molecular weight is 248 g/mol. The van der Waals surface area contributed by atoms with Crippen molar-refractivity contribution in [3.05, 3.63) is 48.0 Å². The zero-order chi connectivity index (χ0) is 13.8. The van der Waals surface area contributed by atoms with Gasteiger partial charge in [-0.1, -0.05) is 35.9 Å². The van der Waals surface area contributed by atoms with E-state index in [1.54, 1.807) is 0 Å². The van der Waals surface area contributed by atoms with Gasteiger partial charge in [0.25, 0.3) is 0 Å². The first-order valence-corrected chi connectivity index (χ1v) is 6.30. The lowest BCUT2D eigenvalue weighted by Gasteiger charge is -2.32. The van der Waals surface area contributed by atoms with Crippen molar-refractivity contribution >= 4 is 0 Å². The van der Waals surface area contributed by atoms with E-state index in [0.29, 0.717) is 0 Å². The summed E-state index contributed by atoms with van der Waals surface area (Å²) in [7, 11) is 0. The van der Waals surface area contributed by atoms with Crippen LogP contribution in [0.3, 0.4) is 0 Å². The van der Waals surface area contributed by atoms with Gasteiger partial charge in [-0.15, -0.1) is 6.58 Å². The van der Waals surface area contributed by atoms with E-state index in [2.05, 4.69) is 18.7 Å². The standard InChI is InChI=1S/C16H24O2/c1-13(2)12-16(6,18-17-15(3,4)5)14-10-8-7-9-11-14/h7-11H,1,12H2,2-6H3. The molecule has 0 radical (unpaired) electrons. The number of hydrogen-bond donors (Lipinski definition) is 0. The fraction of sp³-hybridized carbons (Fsp3) is 0.500. The maximum atomic E-state index is 5.73. The lowest BCUT2D eigenvalue weighted by atomic mass is 9.90. The van der Waals surface area contributed by atoms with Gasteiger partial charge in [-0.05, 0) is 40.2 Å². The minimum Gasteiger partial charge on any atom is -0.230 e. The summed E-state index contributed by atoms with van der Waals surface area (Å²) < 4.78 is 0. The van der Waals surface area contributed by atoms with Gasteiger partial charge in [0.1, 0.15) is 5.60 Å². The molecule has 0 heterocycles. The zero-order valence-corrected chi connectivity index (χ0v) is 12.1. The van der Waals surface area contributed by atoms with Crippen molar-refractivity contribution in [2.24, 2.45) is 0 Å². The van der Waals surface area contributed by atoms with Gasteiger partial charge in [0.05, 0.1) is 5.60 Å². The van der Waals surface area contributed by atoms with Crippen LogP contribution in [0.25, 0.3) is 0 Å². The number of benzene rings is 1. The molecule has 0 fully saturated rings. The van der Waals surface area contributed by atoms with Crippen molar-refractivity contribution in [3.63, 3.8) is 0 Å². The van der Waals surface area contributed by atoms with Crippen LogP contribution in [0.2, 0.25) is 0 Å². The lowest BCUT2D eigenvalue weighted by molar-refractivity contribution is -0.405. The van der Waals surface area contributed by atoms with Crippen molar-refractivity contribution in [3.8, 4) is 0 Å². The molecule has 1 aromatic carbocycles. The second kappa shape index (κ2) is 5.68. The van der Waals surface area contributed by atoms with Crippen LogP contribution in [0.5, 0.6) is 0 Å². The molecule has 0 saturated carbocycles. The third-order valence-electron chi connectivity index (χ3n) is 2.50. The van der Waals surface area contributed by atoms with Crippen molar-refractivity contribution in [2.45, 2.75) is 52.2 Å². The molecule has 0 aliphatic carbocycles. The van der Waals surface area contributed by atoms with Crippen LogP contribution >= 0.6 is 0 Å². The van der Waals surface area contributed by atoms with Gasteiger partial charge in [0.15, 0.2) is 0 Å². The van der Waals surface area contributed by atoms with Crippen LogP contribution in [-0.2, 0) is 15.4 Å². The highest BCUT2D eigenvalue weighted by molar-refractivity contribution is 5.23. The van der Waals surface area contributed by atoms with E-state index in [1.807, 2.05) is 52.8 Å². The molecular weight excluding hydrogens is 224 g/mol. The molecular formula is C16H24O2. The summed E-state index contributed by atoms with van der Waals surface area (Å²) in [5.74, 6) is 0. The molecule has 0 aromatic heterocycles. The summed E-state index contributed by atoms with van der Waals surface area (Å²) in [6, 6.07) is 10.1. The Labute approximate surface area is 111 Å². The smallest absolute Gasteiger partial charge is 0.129 e. The second-order valence-corrected chi connectivity index (χ2v) is 6.01. The predicted molar refractivity (Wildman–Crippen MR) is 75.1 cm³/mol. The molecule has 1 unspecified atom stereocenters. The quantitative estimate of drug-likeness (QED) is 0.430. The molecule has 100 valence electrons. The summed E-state index contributed by atoms with van der Waals surface area (Å²) in [5.41, 5.74) is 1.34. The third kappa shape index (κ3) is 4.63. The Kier molecular flexibility index (Phi) is 4.71. The Morgan fingerprint density at radius 3 is 2.06 bits per heavy atom. The number of hydrogen-bond acceptors (Lipinski definition) is 2. The minimum atomic E-state index is -0.500. The Hall–Kier alpha value is -1.12. The molecule has 0 bridgehead atoms. The topological polar surface area (TPSA) is 18.5 Å². The Morgan fingerprint density at radius 1 is 1.06 bits per heavy atom. The van der Waals surface area contributed by atoms with E-state index in [9.17, 15) is 0 Å². The Morgan fingerprint density at radius 2 is 1.61 bits per heavy atom. The van der Waals surface area contributed by atoms with Gasteiger partial charge in [0.2, 0.25) is 0 Å². The highest BCUT2D eigenvalue weighted by atomic mass is 17.2. The van der Waals surface area contributed by atoms with Crippen LogP contribution in [0, 0.1) is 0 Å². The van der Waals surface area contributed by atoms with Crippen LogP contribution in [-0.4, -0.2) is 5.60 Å². The molecule has 0 N–H and O–H groups in total. The van der Waals surface area contributed by atoms with E-state index in [-0.39, 0.29) is 5.60 Å². The van der Waals surface area contributed by atoms with Crippen LogP contribution < -0.4 is 0 Å². The Bertz CT molecular complexity index is 389. The largest absolute Gasteiger partial charge is 0.230 e. The SMILES string of the molecule is C=C(C)CC(C)(OOC(C)(C)C)c1ccccc1. The van der Waals surface area contributed by atoms with Gasteiger partial charge >= 0.3 is 0 Å². The van der Waals surface area contributed by atoms with Crippen molar-refractivity contribution in [1.82, 2.24) is 0 Å². The lowest BCUT2D eigenvalue weighted by Crippen LogP contribution is -2.31. The molecule has 1 atom stereocenters. The molecule has 0 spiro atoms. The highest BCUT2D eigenvalue weighted by Gasteiger charge is 2.31. The van der Waals surface area contributed by atoms with E-state index < -0.39 is 5.60 Å². The first-order chi connectivity index (χ1) is 8.23. The normalized spacial score (nSPS) is 15.2. The summed E-state index contributed by atoms with van der Waals surface area (Å²) >= 11 is 0. The van der Waals surface area contributed by atoms with E-state index in [0.717, 1.165) is 17.6 Å². The molecule has 0 aliphatic heterocycles. The first kappa shape index (κ1) is 14.9. The fourth-order valence-electron chi connectivity index (χ4n) is 1.76. The maximum Gasteiger partial charge on any atom is 0.129 e.